The number of carbonyl (C=O) groups is 2. The van der Waals surface area contributed by atoms with E-state index < -0.39 is 52.4 Å². The van der Waals surface area contributed by atoms with Gasteiger partial charge in [-0.05, 0) is 97.3 Å². The molecular formula is C30H32F9NO2. The summed E-state index contributed by atoms with van der Waals surface area (Å²) in [5, 5.41) is 1.30. The molecule has 0 heterocycles. The Balaban J connectivity index is 1.46. The summed E-state index contributed by atoms with van der Waals surface area (Å²) < 4.78 is 126. The van der Waals surface area contributed by atoms with E-state index >= 15 is 0 Å². The summed E-state index contributed by atoms with van der Waals surface area (Å²) in [5.41, 5.74) is -7.80. The lowest BCUT2D eigenvalue weighted by atomic mass is 9.47. The lowest BCUT2D eigenvalue weighted by Crippen LogP contribution is -2.66. The van der Waals surface area contributed by atoms with Crippen molar-refractivity contribution in [3.63, 3.8) is 0 Å². The Bertz CT molecular complexity index is 1270. The number of ketones is 1. The fourth-order valence-electron chi connectivity index (χ4n) is 8.87. The molecule has 1 N–H and O–H groups in total. The summed E-state index contributed by atoms with van der Waals surface area (Å²) in [6, 6.07) is 0.536. The highest BCUT2D eigenvalue weighted by molar-refractivity contribution is 5.91. The summed E-state index contributed by atoms with van der Waals surface area (Å²) in [6.45, 7) is 3.90. The van der Waals surface area contributed by atoms with Gasteiger partial charge in [-0.2, -0.15) is 39.5 Å². The molecule has 0 aromatic heterocycles. The predicted molar refractivity (Wildman–Crippen MR) is 134 cm³/mol. The molecule has 1 aromatic carbocycles. The number of hydrogen-bond acceptors (Lipinski definition) is 2. The Labute approximate surface area is 237 Å². The first kappa shape index (κ1) is 30.9. The molecule has 5 rings (SSSR count). The Morgan fingerprint density at radius 3 is 1.95 bits per heavy atom. The number of rotatable bonds is 3. The van der Waals surface area contributed by atoms with Gasteiger partial charge in [0.05, 0.1) is 5.56 Å². The van der Waals surface area contributed by atoms with Gasteiger partial charge in [-0.1, -0.05) is 31.6 Å². The number of allylic oxidation sites excluding steroid dienone is 1. The second-order valence-electron chi connectivity index (χ2n) is 13.0. The topological polar surface area (TPSA) is 46.2 Å². The fraction of sp³-hybridized carbons (Fsp3) is 0.667. The van der Waals surface area contributed by atoms with Crippen LogP contribution in [0.3, 0.4) is 0 Å². The number of alkyl halides is 9. The van der Waals surface area contributed by atoms with Crippen molar-refractivity contribution in [1.29, 1.82) is 0 Å². The molecule has 12 heteroatoms. The molecule has 0 unspecified atom stereocenters. The lowest BCUT2D eigenvalue weighted by Gasteiger charge is -2.58. The van der Waals surface area contributed by atoms with E-state index in [1.54, 1.807) is 13.0 Å². The number of halogens is 9. The highest BCUT2D eigenvalue weighted by atomic mass is 19.4. The number of benzene rings is 1. The van der Waals surface area contributed by atoms with Gasteiger partial charge in [-0.15, -0.1) is 0 Å². The molecule has 0 spiro atoms. The first-order valence-electron chi connectivity index (χ1n) is 14.1. The van der Waals surface area contributed by atoms with E-state index in [0.29, 0.717) is 38.5 Å². The van der Waals surface area contributed by atoms with Crippen molar-refractivity contribution < 1.29 is 49.1 Å². The van der Waals surface area contributed by atoms with E-state index in [1.807, 2.05) is 0 Å². The highest BCUT2D eigenvalue weighted by Gasteiger charge is 2.73. The average Bonchev–Trinajstić information content (AvgIpc) is 3.23. The minimum atomic E-state index is -6.10. The van der Waals surface area contributed by atoms with Gasteiger partial charge < -0.3 is 5.32 Å². The summed E-state index contributed by atoms with van der Waals surface area (Å²) in [7, 11) is 0. The van der Waals surface area contributed by atoms with Crippen molar-refractivity contribution in [3.05, 3.63) is 47.0 Å². The van der Waals surface area contributed by atoms with Crippen LogP contribution < -0.4 is 5.32 Å². The average molecular weight is 610 g/mol. The molecule has 3 saturated carbocycles. The van der Waals surface area contributed by atoms with Crippen LogP contribution in [-0.4, -0.2) is 24.0 Å². The molecule has 42 heavy (non-hydrogen) atoms. The van der Waals surface area contributed by atoms with Gasteiger partial charge in [0.25, 0.3) is 5.54 Å². The summed E-state index contributed by atoms with van der Waals surface area (Å²) in [4.78, 5) is 25.6. The molecule has 4 aliphatic rings. The minimum absolute atomic E-state index is 0.0880. The molecule has 1 aromatic rings. The van der Waals surface area contributed by atoms with Crippen molar-refractivity contribution >= 4 is 11.7 Å². The van der Waals surface area contributed by atoms with Crippen molar-refractivity contribution in [2.24, 2.45) is 34.5 Å². The second kappa shape index (κ2) is 9.74. The fourth-order valence-corrected chi connectivity index (χ4v) is 8.87. The van der Waals surface area contributed by atoms with Crippen molar-refractivity contribution in [2.45, 2.75) is 89.3 Å². The number of nitrogens with one attached hydrogen (secondary N) is 1. The van der Waals surface area contributed by atoms with E-state index in [9.17, 15) is 49.1 Å². The Morgan fingerprint density at radius 1 is 0.786 bits per heavy atom. The molecule has 3 nitrogen and oxygen atoms in total. The predicted octanol–water partition coefficient (Wildman–Crippen LogP) is 8.29. The smallest absolute Gasteiger partial charge is 0.331 e. The summed E-state index contributed by atoms with van der Waals surface area (Å²) in [6.07, 6.45) is -11.3. The molecule has 232 valence electrons. The molecule has 1 amide bonds. The number of hydrogen-bond donors (Lipinski definition) is 1. The molecule has 0 saturated heterocycles. The van der Waals surface area contributed by atoms with Gasteiger partial charge in [0, 0.05) is 12.3 Å². The lowest BCUT2D eigenvalue weighted by molar-refractivity contribution is -0.312. The Kier molecular flexibility index (Phi) is 7.17. The van der Waals surface area contributed by atoms with Crippen LogP contribution in [0, 0.1) is 34.5 Å². The van der Waals surface area contributed by atoms with Crippen LogP contribution in [0.15, 0.2) is 35.9 Å². The quantitative estimate of drug-likeness (QED) is 0.351. The summed E-state index contributed by atoms with van der Waals surface area (Å²) in [5.74, 6) is -2.24. The zero-order valence-corrected chi connectivity index (χ0v) is 23.1. The van der Waals surface area contributed by atoms with Crippen LogP contribution >= 0.6 is 0 Å². The van der Waals surface area contributed by atoms with Crippen molar-refractivity contribution in [1.82, 2.24) is 5.32 Å². The maximum absolute atomic E-state index is 14.4. The van der Waals surface area contributed by atoms with Gasteiger partial charge in [-0.3, -0.25) is 9.59 Å². The van der Waals surface area contributed by atoms with E-state index in [0.717, 1.165) is 12.0 Å². The van der Waals surface area contributed by atoms with Crippen molar-refractivity contribution in [3.8, 4) is 0 Å². The van der Waals surface area contributed by atoms with E-state index in [4.69, 9.17) is 0 Å². The van der Waals surface area contributed by atoms with Crippen LogP contribution in [0.1, 0.15) is 76.3 Å². The Hall–Kier alpha value is -2.53. The molecule has 0 bridgehead atoms. The third-order valence-corrected chi connectivity index (χ3v) is 11.1. The number of fused-ring (bicyclic) bond motifs is 5. The first-order valence-corrected chi connectivity index (χ1v) is 14.1. The highest BCUT2D eigenvalue weighted by Crippen LogP contribution is 2.67. The van der Waals surface area contributed by atoms with Gasteiger partial charge in [-0.25, -0.2) is 0 Å². The van der Waals surface area contributed by atoms with Gasteiger partial charge >= 0.3 is 18.5 Å². The largest absolute Gasteiger partial charge is 0.424 e. The van der Waals surface area contributed by atoms with Gasteiger partial charge in [0.1, 0.15) is 0 Å². The first-order chi connectivity index (χ1) is 19.3. The zero-order valence-electron chi connectivity index (χ0n) is 23.1. The summed E-state index contributed by atoms with van der Waals surface area (Å²) >= 11 is 0. The maximum Gasteiger partial charge on any atom is 0.424 e. The van der Waals surface area contributed by atoms with Gasteiger partial charge in [0.15, 0.2) is 5.78 Å². The van der Waals surface area contributed by atoms with Crippen LogP contribution in [0.25, 0.3) is 0 Å². The molecule has 6 atom stereocenters. The molecule has 0 radical (unpaired) electrons. The monoisotopic (exact) mass is 609 g/mol. The Morgan fingerprint density at radius 2 is 1.38 bits per heavy atom. The van der Waals surface area contributed by atoms with E-state index in [1.165, 1.54) is 5.32 Å². The molecular weight excluding hydrogens is 577 g/mol. The van der Waals surface area contributed by atoms with Crippen LogP contribution in [0.5, 0.6) is 0 Å². The minimum Gasteiger partial charge on any atom is -0.331 e. The van der Waals surface area contributed by atoms with Crippen molar-refractivity contribution in [2.75, 3.05) is 0 Å². The normalized spacial score (nSPS) is 33.8. The standard InChI is InChI=1S/C30H32F9NO2/c1-25-13-11-19(41)15-18(25)7-8-20-21-9-10-23(26(21,2)14-12-22(20)25)24(42)40-27(29(34,35)36,30(37,38)39)16-3-5-17(6-4-16)28(31,32)33/h3-6,15,20-23H,7-14H2,1-2H3,(H,40,42)/t20-,21-,22-,23+,25-,26-/m0/s1. The molecule has 3 fully saturated rings. The van der Waals surface area contributed by atoms with Crippen LogP contribution in [0.4, 0.5) is 39.5 Å². The van der Waals surface area contributed by atoms with Gasteiger partial charge in [0.2, 0.25) is 5.91 Å². The number of carbonyl (C=O) groups excluding carboxylic acids is 2. The maximum atomic E-state index is 14.4. The second-order valence-corrected chi connectivity index (χ2v) is 13.0. The SMILES string of the molecule is C[C@]12CC[C@H]3[C@@H](CCC4=CC(=O)CC[C@@]43C)[C@@H]1CC[C@@H]2C(=O)NC(c1ccc(C(F)(F)F)cc1)(C(F)(F)F)C(F)(F)F. The molecule has 4 aliphatic carbocycles. The molecule has 0 aliphatic heterocycles. The van der Waals surface area contributed by atoms with Crippen LogP contribution in [0.2, 0.25) is 0 Å². The third kappa shape index (κ3) is 4.57. The zero-order chi connectivity index (χ0) is 31.1. The third-order valence-electron chi connectivity index (χ3n) is 11.1. The number of amides is 1. The van der Waals surface area contributed by atoms with E-state index in [2.05, 4.69) is 6.92 Å². The van der Waals surface area contributed by atoms with Crippen LogP contribution in [-0.2, 0) is 21.3 Å². The van der Waals surface area contributed by atoms with E-state index in [-0.39, 0.29) is 59.6 Å².